The highest BCUT2D eigenvalue weighted by atomic mass is 32.2. The van der Waals surface area contributed by atoms with Gasteiger partial charge in [-0.05, 0) is 49.4 Å². The van der Waals surface area contributed by atoms with Crippen LogP contribution in [0.15, 0.2) is 89.8 Å². The van der Waals surface area contributed by atoms with Crippen molar-refractivity contribution in [3.8, 4) is 0 Å². The Morgan fingerprint density at radius 3 is 2.19 bits per heavy atom. The monoisotopic (exact) mass is 589 g/mol. The zero-order chi connectivity index (χ0) is 30.0. The number of nitrogens with one attached hydrogen (secondary N) is 1. The number of benzene rings is 3. The summed E-state index contributed by atoms with van der Waals surface area (Å²) < 4.78 is 27.3. The molecule has 7 nitrogen and oxygen atoms in total. The SMILES string of the molecule is Cc1cccc(CN(C(=O)CCCN(C)S(=O)(=O)c2ccccc2)C(Cc2ccccc2)C(=O)NC2CCCCC2)c1. The first-order chi connectivity index (χ1) is 20.2. The molecule has 224 valence electrons. The van der Waals surface area contributed by atoms with E-state index in [0.717, 1.165) is 42.4 Å². The van der Waals surface area contributed by atoms with Gasteiger partial charge in [0.15, 0.2) is 0 Å². The number of nitrogens with zero attached hydrogens (tertiary/aromatic N) is 2. The molecule has 1 atom stereocenters. The van der Waals surface area contributed by atoms with Crippen LogP contribution in [0.4, 0.5) is 0 Å². The van der Waals surface area contributed by atoms with Crippen molar-refractivity contribution in [2.75, 3.05) is 13.6 Å². The largest absolute Gasteiger partial charge is 0.352 e. The van der Waals surface area contributed by atoms with Crippen LogP contribution in [0.25, 0.3) is 0 Å². The molecule has 0 aromatic heterocycles. The molecule has 0 spiro atoms. The van der Waals surface area contributed by atoms with Gasteiger partial charge in [-0.1, -0.05) is 97.6 Å². The van der Waals surface area contributed by atoms with Crippen molar-refractivity contribution in [3.63, 3.8) is 0 Å². The third-order valence-corrected chi connectivity index (χ3v) is 9.84. The fourth-order valence-corrected chi connectivity index (χ4v) is 6.83. The number of sulfonamides is 1. The van der Waals surface area contributed by atoms with Crippen LogP contribution >= 0.6 is 0 Å². The maximum Gasteiger partial charge on any atom is 0.243 e. The molecule has 2 amide bonds. The molecule has 3 aromatic carbocycles. The van der Waals surface area contributed by atoms with Crippen LogP contribution in [0.2, 0.25) is 0 Å². The third kappa shape index (κ3) is 8.76. The molecule has 1 saturated carbocycles. The molecule has 1 N–H and O–H groups in total. The van der Waals surface area contributed by atoms with Gasteiger partial charge in [0.2, 0.25) is 21.8 Å². The molecule has 1 aliphatic carbocycles. The van der Waals surface area contributed by atoms with E-state index in [0.29, 0.717) is 19.4 Å². The fourth-order valence-electron chi connectivity index (χ4n) is 5.59. The van der Waals surface area contributed by atoms with Crippen LogP contribution in [0.3, 0.4) is 0 Å². The zero-order valence-electron chi connectivity index (χ0n) is 24.7. The summed E-state index contributed by atoms with van der Waals surface area (Å²) in [6, 6.07) is 25.5. The van der Waals surface area contributed by atoms with Crippen LogP contribution in [0, 0.1) is 6.92 Å². The molecular formula is C34H43N3O4S. The first-order valence-corrected chi connectivity index (χ1v) is 16.4. The molecule has 42 heavy (non-hydrogen) atoms. The van der Waals surface area contributed by atoms with Crippen molar-refractivity contribution in [1.82, 2.24) is 14.5 Å². The van der Waals surface area contributed by atoms with Gasteiger partial charge >= 0.3 is 0 Å². The summed E-state index contributed by atoms with van der Waals surface area (Å²) in [5.41, 5.74) is 3.02. The lowest BCUT2D eigenvalue weighted by atomic mass is 9.94. The molecule has 4 rings (SSSR count). The van der Waals surface area contributed by atoms with E-state index in [9.17, 15) is 18.0 Å². The fraction of sp³-hybridized carbons (Fsp3) is 0.412. The van der Waals surface area contributed by atoms with Crippen molar-refractivity contribution < 1.29 is 18.0 Å². The summed E-state index contributed by atoms with van der Waals surface area (Å²) in [5, 5.41) is 3.26. The highest BCUT2D eigenvalue weighted by Crippen LogP contribution is 2.21. The highest BCUT2D eigenvalue weighted by Gasteiger charge is 2.32. The van der Waals surface area contributed by atoms with Crippen LogP contribution in [-0.2, 0) is 32.6 Å². The quantitative estimate of drug-likeness (QED) is 0.286. The Morgan fingerprint density at radius 1 is 0.881 bits per heavy atom. The molecule has 0 radical (unpaired) electrons. The minimum Gasteiger partial charge on any atom is -0.352 e. The Morgan fingerprint density at radius 2 is 1.52 bits per heavy atom. The number of hydrogen-bond acceptors (Lipinski definition) is 4. The number of carbonyl (C=O) groups excluding carboxylic acids is 2. The molecule has 0 saturated heterocycles. The van der Waals surface area contributed by atoms with Crippen LogP contribution in [0.1, 0.15) is 61.6 Å². The van der Waals surface area contributed by atoms with Gasteiger partial charge in [-0.3, -0.25) is 9.59 Å². The molecule has 1 unspecified atom stereocenters. The van der Waals surface area contributed by atoms with Gasteiger partial charge in [-0.25, -0.2) is 12.7 Å². The second-order valence-corrected chi connectivity index (χ2v) is 13.3. The highest BCUT2D eigenvalue weighted by molar-refractivity contribution is 7.89. The number of carbonyl (C=O) groups is 2. The van der Waals surface area contributed by atoms with E-state index in [1.54, 1.807) is 35.2 Å². The van der Waals surface area contributed by atoms with E-state index < -0.39 is 16.1 Å². The smallest absolute Gasteiger partial charge is 0.243 e. The summed E-state index contributed by atoms with van der Waals surface area (Å²) in [4.78, 5) is 29.8. The second kappa shape index (κ2) is 15.1. The lowest BCUT2D eigenvalue weighted by Crippen LogP contribution is -2.52. The van der Waals surface area contributed by atoms with Crippen LogP contribution in [-0.4, -0.2) is 55.1 Å². The topological polar surface area (TPSA) is 86.8 Å². The maximum atomic E-state index is 13.9. The van der Waals surface area contributed by atoms with Crippen molar-refractivity contribution in [2.24, 2.45) is 0 Å². The summed E-state index contributed by atoms with van der Waals surface area (Å²) in [6.45, 7) is 2.50. The van der Waals surface area contributed by atoms with Crippen LogP contribution in [0.5, 0.6) is 0 Å². The van der Waals surface area contributed by atoms with E-state index in [4.69, 9.17) is 0 Å². The Labute approximate surface area is 251 Å². The van der Waals surface area contributed by atoms with E-state index >= 15 is 0 Å². The van der Waals surface area contributed by atoms with E-state index in [1.165, 1.54) is 17.8 Å². The van der Waals surface area contributed by atoms with Gasteiger partial charge in [-0.2, -0.15) is 0 Å². The number of aryl methyl sites for hydroxylation is 1. The second-order valence-electron chi connectivity index (χ2n) is 11.3. The molecule has 1 aliphatic rings. The minimum absolute atomic E-state index is 0.122. The van der Waals surface area contributed by atoms with Crippen molar-refractivity contribution in [2.45, 2.75) is 81.8 Å². The average molecular weight is 590 g/mol. The number of hydrogen-bond donors (Lipinski definition) is 1. The first kappa shape index (κ1) is 31.4. The van der Waals surface area contributed by atoms with Gasteiger partial charge in [0.1, 0.15) is 6.04 Å². The lowest BCUT2D eigenvalue weighted by molar-refractivity contribution is -0.141. The van der Waals surface area contributed by atoms with Crippen molar-refractivity contribution >= 4 is 21.8 Å². The number of rotatable bonds is 13. The summed E-state index contributed by atoms with van der Waals surface area (Å²) in [7, 11) is -2.12. The third-order valence-electron chi connectivity index (χ3n) is 7.97. The molecule has 8 heteroatoms. The zero-order valence-corrected chi connectivity index (χ0v) is 25.6. The Kier molecular flexibility index (Phi) is 11.3. The molecule has 3 aromatic rings. The average Bonchev–Trinajstić information content (AvgIpc) is 3.00. The Hall–Kier alpha value is -3.49. The minimum atomic E-state index is -3.65. The molecular weight excluding hydrogens is 546 g/mol. The Balaban J connectivity index is 1.54. The van der Waals surface area contributed by atoms with E-state index in [-0.39, 0.29) is 35.7 Å². The maximum absolute atomic E-state index is 13.9. The van der Waals surface area contributed by atoms with Crippen LogP contribution < -0.4 is 5.32 Å². The van der Waals surface area contributed by atoms with Crippen molar-refractivity contribution in [1.29, 1.82) is 0 Å². The predicted molar refractivity (Wildman–Crippen MR) is 166 cm³/mol. The van der Waals surface area contributed by atoms with Gasteiger partial charge < -0.3 is 10.2 Å². The Bertz CT molecular complexity index is 1410. The lowest BCUT2D eigenvalue weighted by Gasteiger charge is -2.33. The molecule has 0 heterocycles. The van der Waals surface area contributed by atoms with Crippen molar-refractivity contribution in [3.05, 3.63) is 102 Å². The molecule has 0 aliphatic heterocycles. The van der Waals surface area contributed by atoms with E-state index in [1.807, 2.05) is 61.5 Å². The normalized spacial score (nSPS) is 14.8. The standard InChI is InChI=1S/C34H43N3O4S/c1-27-14-12-17-29(24-27)26-37(33(38)22-13-23-36(2)42(40,41)31-20-10-5-11-21-31)32(25-28-15-6-3-7-16-28)34(39)35-30-18-8-4-9-19-30/h3,5-7,10-12,14-17,20-21,24,30,32H,4,8-9,13,18-19,22-23,25-26H2,1-2H3,(H,35,39). The summed E-state index contributed by atoms with van der Waals surface area (Å²) in [5.74, 6) is -0.294. The van der Waals surface area contributed by atoms with Gasteiger partial charge in [0, 0.05) is 39.0 Å². The molecule has 1 fully saturated rings. The first-order valence-electron chi connectivity index (χ1n) is 14.9. The van der Waals surface area contributed by atoms with E-state index in [2.05, 4.69) is 5.32 Å². The predicted octanol–water partition coefficient (Wildman–Crippen LogP) is 5.48. The number of amides is 2. The van der Waals surface area contributed by atoms with Gasteiger partial charge in [0.25, 0.3) is 0 Å². The van der Waals surface area contributed by atoms with Gasteiger partial charge in [0.05, 0.1) is 4.90 Å². The molecule has 0 bridgehead atoms. The summed E-state index contributed by atoms with van der Waals surface area (Å²) >= 11 is 0. The van der Waals surface area contributed by atoms with Gasteiger partial charge in [-0.15, -0.1) is 0 Å². The summed E-state index contributed by atoms with van der Waals surface area (Å²) in [6.07, 6.45) is 6.16.